The summed E-state index contributed by atoms with van der Waals surface area (Å²) in [4.78, 5) is 15.9. The molecule has 8 heteroatoms. The van der Waals surface area contributed by atoms with Crippen molar-refractivity contribution in [2.45, 2.75) is 57.6 Å². The van der Waals surface area contributed by atoms with Crippen LogP contribution in [0.2, 0.25) is 0 Å². The van der Waals surface area contributed by atoms with Gasteiger partial charge in [0.05, 0.1) is 13.3 Å². The minimum atomic E-state index is -3.96. The van der Waals surface area contributed by atoms with Crippen molar-refractivity contribution in [1.82, 2.24) is 9.71 Å². The van der Waals surface area contributed by atoms with Crippen molar-refractivity contribution in [2.24, 2.45) is 11.3 Å². The number of carbonyl (C=O) groups excluding carboxylic acids is 1. The lowest BCUT2D eigenvalue weighted by molar-refractivity contribution is -0.154. The molecule has 0 atom stereocenters. The summed E-state index contributed by atoms with van der Waals surface area (Å²) < 4.78 is 37.2. The van der Waals surface area contributed by atoms with E-state index >= 15 is 0 Å². The Morgan fingerprint density at radius 3 is 2.52 bits per heavy atom. The van der Waals surface area contributed by atoms with Crippen molar-refractivity contribution in [1.29, 1.82) is 0 Å². The van der Waals surface area contributed by atoms with E-state index in [1.807, 2.05) is 0 Å². The summed E-state index contributed by atoms with van der Waals surface area (Å²) in [6.45, 7) is 7.91. The number of nitrogens with one attached hydrogen (secondary N) is 1. The van der Waals surface area contributed by atoms with Crippen molar-refractivity contribution in [3.05, 3.63) is 12.1 Å². The molecule has 1 heterocycles. The quantitative estimate of drug-likeness (QED) is 0.821. The fraction of sp³-hybridized carbons (Fsp3) is 0.733. The third-order valence-corrected chi connectivity index (χ3v) is 5.32. The van der Waals surface area contributed by atoms with E-state index in [9.17, 15) is 13.2 Å². The predicted octanol–water partition coefficient (Wildman–Crippen LogP) is 2.02. The molecule has 23 heavy (non-hydrogen) atoms. The first-order valence-corrected chi connectivity index (χ1v) is 9.01. The molecule has 1 aromatic rings. The highest BCUT2D eigenvalue weighted by molar-refractivity contribution is 7.89. The molecular formula is C15H24N2O5S. The van der Waals surface area contributed by atoms with E-state index < -0.39 is 21.5 Å². The minimum absolute atomic E-state index is 0.119. The molecule has 0 saturated heterocycles. The Labute approximate surface area is 136 Å². The molecule has 0 aliphatic heterocycles. The van der Waals surface area contributed by atoms with Crippen LogP contribution in [0.5, 0.6) is 0 Å². The number of sulfonamides is 1. The number of rotatable bonds is 5. The first kappa shape index (κ1) is 17.9. The standard InChI is InChI=1S/C15H24N2O5S/c1-10-16-9-12(22-10)23(19,20)17-15(13(18)21-5)7-11(8-15)6-14(2,3)4/h9,11,17H,6-8H2,1-5H3. The Balaban J connectivity index is 2.17. The molecule has 0 aromatic carbocycles. The topological polar surface area (TPSA) is 98.5 Å². The SMILES string of the molecule is COC(=O)C1(NS(=O)(=O)c2cnc(C)o2)CC(CC(C)(C)C)C1. The molecular weight excluding hydrogens is 320 g/mol. The van der Waals surface area contributed by atoms with Crippen molar-refractivity contribution < 1.29 is 22.4 Å². The lowest BCUT2D eigenvalue weighted by Crippen LogP contribution is -2.63. The first-order chi connectivity index (χ1) is 10.5. The van der Waals surface area contributed by atoms with E-state index in [0.29, 0.717) is 12.8 Å². The van der Waals surface area contributed by atoms with Gasteiger partial charge in [0, 0.05) is 6.92 Å². The maximum absolute atomic E-state index is 12.4. The second kappa shape index (κ2) is 5.90. The van der Waals surface area contributed by atoms with E-state index in [2.05, 4.69) is 30.5 Å². The van der Waals surface area contributed by atoms with Crippen LogP contribution < -0.4 is 4.72 Å². The fourth-order valence-electron chi connectivity index (χ4n) is 3.20. The minimum Gasteiger partial charge on any atom is -0.468 e. The zero-order valence-corrected chi connectivity index (χ0v) is 15.0. The Morgan fingerprint density at radius 2 is 2.09 bits per heavy atom. The number of aromatic nitrogens is 1. The first-order valence-electron chi connectivity index (χ1n) is 7.52. The molecule has 130 valence electrons. The number of ether oxygens (including phenoxy) is 1. The lowest BCUT2D eigenvalue weighted by Gasteiger charge is -2.46. The third kappa shape index (κ3) is 3.92. The lowest BCUT2D eigenvalue weighted by atomic mass is 9.64. The van der Waals surface area contributed by atoms with Crippen LogP contribution in [0.15, 0.2) is 15.7 Å². The van der Waals surface area contributed by atoms with Gasteiger partial charge in [-0.25, -0.2) is 13.4 Å². The molecule has 1 aliphatic carbocycles. The van der Waals surface area contributed by atoms with E-state index in [1.165, 1.54) is 7.11 Å². The van der Waals surface area contributed by atoms with Crippen LogP contribution >= 0.6 is 0 Å². The van der Waals surface area contributed by atoms with E-state index in [0.717, 1.165) is 12.6 Å². The Hall–Kier alpha value is -1.41. The summed E-state index contributed by atoms with van der Waals surface area (Å²) >= 11 is 0. The highest BCUT2D eigenvalue weighted by atomic mass is 32.2. The zero-order chi connectivity index (χ0) is 17.5. The Morgan fingerprint density at radius 1 is 1.48 bits per heavy atom. The Kier molecular flexibility index (Phi) is 4.60. The smallest absolute Gasteiger partial charge is 0.327 e. The largest absolute Gasteiger partial charge is 0.468 e. The number of aryl methyl sites for hydroxylation is 1. The average Bonchev–Trinajstić information content (AvgIpc) is 2.80. The molecule has 2 rings (SSSR count). The van der Waals surface area contributed by atoms with Crippen molar-refractivity contribution in [3.8, 4) is 0 Å². The fourth-order valence-corrected chi connectivity index (χ4v) is 4.48. The van der Waals surface area contributed by atoms with Gasteiger partial charge in [-0.05, 0) is 30.6 Å². The predicted molar refractivity (Wildman–Crippen MR) is 83.1 cm³/mol. The van der Waals surface area contributed by atoms with Gasteiger partial charge in [0.2, 0.25) is 0 Å². The van der Waals surface area contributed by atoms with Crippen molar-refractivity contribution >= 4 is 16.0 Å². The summed E-state index contributed by atoms with van der Waals surface area (Å²) in [5.74, 6) is -0.0487. The second-order valence-electron chi connectivity index (χ2n) is 7.42. The van der Waals surface area contributed by atoms with E-state index in [4.69, 9.17) is 9.15 Å². The molecule has 1 fully saturated rings. The molecule has 0 bridgehead atoms. The van der Waals surface area contributed by atoms with Gasteiger partial charge in [-0.15, -0.1) is 0 Å². The monoisotopic (exact) mass is 344 g/mol. The Bertz CT molecular complexity index is 681. The van der Waals surface area contributed by atoms with Crippen LogP contribution in [0, 0.1) is 18.3 Å². The normalized spacial score (nSPS) is 25.0. The molecule has 7 nitrogen and oxygen atoms in total. The number of carbonyl (C=O) groups is 1. The van der Waals surface area contributed by atoms with E-state index in [1.54, 1.807) is 6.92 Å². The molecule has 1 aromatic heterocycles. The van der Waals surface area contributed by atoms with E-state index in [-0.39, 0.29) is 22.3 Å². The molecule has 0 amide bonds. The van der Waals surface area contributed by atoms with Gasteiger partial charge < -0.3 is 9.15 Å². The third-order valence-electron chi connectivity index (χ3n) is 3.95. The maximum Gasteiger partial charge on any atom is 0.327 e. The number of nitrogens with zero attached hydrogens (tertiary/aromatic N) is 1. The molecule has 0 radical (unpaired) electrons. The molecule has 1 N–H and O–H groups in total. The maximum atomic E-state index is 12.4. The van der Waals surface area contributed by atoms with Crippen molar-refractivity contribution in [2.75, 3.05) is 7.11 Å². The number of esters is 1. The molecule has 0 spiro atoms. The van der Waals surface area contributed by atoms with Crippen LogP contribution in [0.4, 0.5) is 0 Å². The van der Waals surface area contributed by atoms with Gasteiger partial charge >= 0.3 is 5.97 Å². The summed E-state index contributed by atoms with van der Waals surface area (Å²) in [7, 11) is -2.70. The van der Waals surface area contributed by atoms with Crippen molar-refractivity contribution in [3.63, 3.8) is 0 Å². The zero-order valence-electron chi connectivity index (χ0n) is 14.2. The highest BCUT2D eigenvalue weighted by Gasteiger charge is 2.54. The molecule has 1 aliphatic rings. The summed E-state index contributed by atoms with van der Waals surface area (Å²) in [6.07, 6.45) is 2.88. The van der Waals surface area contributed by atoms with Crippen LogP contribution in [-0.4, -0.2) is 32.0 Å². The second-order valence-corrected chi connectivity index (χ2v) is 9.03. The van der Waals surface area contributed by atoms with Crippen LogP contribution in [0.3, 0.4) is 0 Å². The average molecular weight is 344 g/mol. The number of hydrogen-bond donors (Lipinski definition) is 1. The van der Waals surface area contributed by atoms with Crippen LogP contribution in [0.25, 0.3) is 0 Å². The highest BCUT2D eigenvalue weighted by Crippen LogP contribution is 2.45. The molecule has 0 unspecified atom stereocenters. The number of oxazole rings is 1. The molecule has 1 saturated carbocycles. The summed E-state index contributed by atoms with van der Waals surface area (Å²) in [6, 6.07) is 0. The van der Waals surface area contributed by atoms with Gasteiger partial charge in [-0.2, -0.15) is 4.72 Å². The number of methoxy groups -OCH3 is 1. The van der Waals surface area contributed by atoms with Crippen LogP contribution in [0.1, 0.15) is 45.9 Å². The van der Waals surface area contributed by atoms with Gasteiger partial charge in [-0.3, -0.25) is 4.79 Å². The summed E-state index contributed by atoms with van der Waals surface area (Å²) in [5, 5.41) is -0.294. The summed E-state index contributed by atoms with van der Waals surface area (Å²) in [5.41, 5.74) is -1.10. The van der Waals surface area contributed by atoms with Gasteiger partial charge in [0.15, 0.2) is 5.89 Å². The van der Waals surface area contributed by atoms with Gasteiger partial charge in [-0.1, -0.05) is 20.8 Å². The van der Waals surface area contributed by atoms with Crippen LogP contribution in [-0.2, 0) is 19.6 Å². The number of hydrogen-bond acceptors (Lipinski definition) is 6. The van der Waals surface area contributed by atoms with Gasteiger partial charge in [0.1, 0.15) is 5.54 Å². The van der Waals surface area contributed by atoms with Gasteiger partial charge in [0.25, 0.3) is 15.1 Å².